The summed E-state index contributed by atoms with van der Waals surface area (Å²) in [6.45, 7) is 0.970. The Balaban J connectivity index is 2.24. The lowest BCUT2D eigenvalue weighted by Crippen LogP contribution is -2.28. The lowest BCUT2D eigenvalue weighted by molar-refractivity contribution is 0.0948. The van der Waals surface area contributed by atoms with E-state index in [0.29, 0.717) is 25.3 Å². The maximum absolute atomic E-state index is 12.7. The molecule has 0 aromatic heterocycles. The minimum atomic E-state index is -3.73. The number of nitrogens with one attached hydrogen (secondary N) is 1. The fourth-order valence-corrected chi connectivity index (χ4v) is 3.70. The number of sulfonamides is 1. The van der Waals surface area contributed by atoms with Gasteiger partial charge in [-0.3, -0.25) is 9.10 Å². The SMILES string of the molecule is COCCCNC(=O)c1cc(N(C)S(=O)(=O)c2ccccc2)ccc1Cl. The van der Waals surface area contributed by atoms with Crippen LogP contribution in [0.25, 0.3) is 0 Å². The maximum atomic E-state index is 12.7. The number of ether oxygens (including phenoxy) is 1. The van der Waals surface area contributed by atoms with Gasteiger partial charge in [0.2, 0.25) is 0 Å². The number of hydrogen-bond acceptors (Lipinski definition) is 4. The number of hydrogen-bond donors (Lipinski definition) is 1. The van der Waals surface area contributed by atoms with Gasteiger partial charge in [0.1, 0.15) is 0 Å². The van der Waals surface area contributed by atoms with E-state index in [4.69, 9.17) is 16.3 Å². The lowest BCUT2D eigenvalue weighted by Gasteiger charge is -2.20. The number of benzene rings is 2. The van der Waals surface area contributed by atoms with Crippen LogP contribution in [0, 0.1) is 0 Å². The average Bonchev–Trinajstić information content (AvgIpc) is 2.65. The van der Waals surface area contributed by atoms with Gasteiger partial charge in [0.05, 0.1) is 21.2 Å². The van der Waals surface area contributed by atoms with Crippen molar-refractivity contribution in [3.05, 3.63) is 59.1 Å². The van der Waals surface area contributed by atoms with E-state index in [1.807, 2.05) is 0 Å². The molecule has 0 atom stereocenters. The number of methoxy groups -OCH3 is 1. The molecular weight excluding hydrogens is 376 g/mol. The third kappa shape index (κ3) is 4.75. The average molecular weight is 397 g/mol. The van der Waals surface area contributed by atoms with E-state index in [1.165, 1.54) is 31.3 Å². The minimum Gasteiger partial charge on any atom is -0.385 e. The molecule has 1 N–H and O–H groups in total. The molecule has 0 bridgehead atoms. The van der Waals surface area contributed by atoms with Gasteiger partial charge in [0.25, 0.3) is 15.9 Å². The number of rotatable bonds is 8. The van der Waals surface area contributed by atoms with Crippen LogP contribution in [0.3, 0.4) is 0 Å². The summed E-state index contributed by atoms with van der Waals surface area (Å²) in [7, 11) is -0.705. The van der Waals surface area contributed by atoms with Gasteiger partial charge in [-0.05, 0) is 36.8 Å². The number of anilines is 1. The third-order valence-electron chi connectivity index (χ3n) is 3.77. The van der Waals surface area contributed by atoms with Crippen LogP contribution >= 0.6 is 11.6 Å². The monoisotopic (exact) mass is 396 g/mol. The molecule has 0 unspecified atom stereocenters. The van der Waals surface area contributed by atoms with E-state index in [-0.39, 0.29) is 21.4 Å². The Morgan fingerprint density at radius 3 is 2.54 bits per heavy atom. The molecule has 26 heavy (non-hydrogen) atoms. The smallest absolute Gasteiger partial charge is 0.264 e. The summed E-state index contributed by atoms with van der Waals surface area (Å²) < 4.78 is 31.5. The van der Waals surface area contributed by atoms with Crippen molar-refractivity contribution in [1.29, 1.82) is 0 Å². The number of carbonyl (C=O) groups is 1. The van der Waals surface area contributed by atoms with Crippen LogP contribution in [0.4, 0.5) is 5.69 Å². The molecule has 0 heterocycles. The van der Waals surface area contributed by atoms with Gasteiger partial charge in [-0.15, -0.1) is 0 Å². The highest BCUT2D eigenvalue weighted by molar-refractivity contribution is 7.92. The predicted molar refractivity (Wildman–Crippen MR) is 102 cm³/mol. The largest absolute Gasteiger partial charge is 0.385 e. The Morgan fingerprint density at radius 2 is 1.88 bits per heavy atom. The maximum Gasteiger partial charge on any atom is 0.264 e. The van der Waals surface area contributed by atoms with Crippen molar-refractivity contribution < 1.29 is 17.9 Å². The zero-order chi connectivity index (χ0) is 19.2. The van der Waals surface area contributed by atoms with Crippen LogP contribution in [0.2, 0.25) is 5.02 Å². The fourth-order valence-electron chi connectivity index (χ4n) is 2.29. The van der Waals surface area contributed by atoms with Gasteiger partial charge >= 0.3 is 0 Å². The molecular formula is C18H21ClN2O4S. The van der Waals surface area contributed by atoms with Crippen LogP contribution in [0.1, 0.15) is 16.8 Å². The second kappa shape index (κ2) is 9.02. The molecule has 1 amide bonds. The van der Waals surface area contributed by atoms with Crippen molar-refractivity contribution in [3.63, 3.8) is 0 Å². The van der Waals surface area contributed by atoms with Crippen molar-refractivity contribution in [2.75, 3.05) is 31.6 Å². The zero-order valence-electron chi connectivity index (χ0n) is 14.6. The molecule has 6 nitrogen and oxygen atoms in total. The summed E-state index contributed by atoms with van der Waals surface area (Å²) in [5, 5.41) is 2.99. The number of amides is 1. The second-order valence-electron chi connectivity index (χ2n) is 5.55. The van der Waals surface area contributed by atoms with E-state index in [9.17, 15) is 13.2 Å². The Hall–Kier alpha value is -2.09. The number of carbonyl (C=O) groups excluding carboxylic acids is 1. The summed E-state index contributed by atoms with van der Waals surface area (Å²) in [5.41, 5.74) is 0.567. The van der Waals surface area contributed by atoms with E-state index in [2.05, 4.69) is 5.32 Å². The van der Waals surface area contributed by atoms with Crippen LogP contribution in [0.5, 0.6) is 0 Å². The highest BCUT2D eigenvalue weighted by Gasteiger charge is 2.22. The van der Waals surface area contributed by atoms with Gasteiger partial charge in [0.15, 0.2) is 0 Å². The zero-order valence-corrected chi connectivity index (χ0v) is 16.2. The fraction of sp³-hybridized carbons (Fsp3) is 0.278. The molecule has 0 saturated heterocycles. The molecule has 0 spiro atoms. The predicted octanol–water partition coefficient (Wildman–Crippen LogP) is 2.93. The standard InChI is InChI=1S/C18H21ClN2O4S/c1-21(26(23,24)15-7-4-3-5-8-15)14-9-10-17(19)16(13-14)18(22)20-11-6-12-25-2/h3-5,7-10,13H,6,11-12H2,1-2H3,(H,20,22). The van der Waals surface area contributed by atoms with E-state index in [1.54, 1.807) is 31.4 Å². The topological polar surface area (TPSA) is 75.7 Å². The van der Waals surface area contributed by atoms with Gasteiger partial charge in [-0.25, -0.2) is 8.42 Å². The van der Waals surface area contributed by atoms with E-state index < -0.39 is 10.0 Å². The quantitative estimate of drug-likeness (QED) is 0.696. The summed E-state index contributed by atoms with van der Waals surface area (Å²) in [6, 6.07) is 12.6. The van der Waals surface area contributed by atoms with Crippen molar-refractivity contribution in [2.24, 2.45) is 0 Å². The molecule has 8 heteroatoms. The number of halogens is 1. The van der Waals surface area contributed by atoms with Gasteiger partial charge in [-0.2, -0.15) is 0 Å². The normalized spacial score (nSPS) is 11.2. The van der Waals surface area contributed by atoms with Gasteiger partial charge in [0, 0.05) is 27.3 Å². The molecule has 0 radical (unpaired) electrons. The molecule has 0 aliphatic rings. The molecule has 140 valence electrons. The Morgan fingerprint density at radius 1 is 1.19 bits per heavy atom. The molecule has 2 aromatic rings. The first kappa shape index (κ1) is 20.2. The highest BCUT2D eigenvalue weighted by Crippen LogP contribution is 2.26. The first-order valence-corrected chi connectivity index (χ1v) is 9.80. The van der Waals surface area contributed by atoms with Crippen molar-refractivity contribution in [2.45, 2.75) is 11.3 Å². The Labute approximate surface area is 158 Å². The summed E-state index contributed by atoms with van der Waals surface area (Å²) in [4.78, 5) is 12.5. The first-order chi connectivity index (χ1) is 12.4. The Kier molecular flexibility index (Phi) is 7.02. The third-order valence-corrected chi connectivity index (χ3v) is 5.90. The minimum absolute atomic E-state index is 0.169. The first-order valence-electron chi connectivity index (χ1n) is 7.98. The second-order valence-corrected chi connectivity index (χ2v) is 7.93. The van der Waals surface area contributed by atoms with E-state index in [0.717, 1.165) is 4.31 Å². The van der Waals surface area contributed by atoms with E-state index >= 15 is 0 Å². The molecule has 0 fully saturated rings. The van der Waals surface area contributed by atoms with Crippen LogP contribution in [0.15, 0.2) is 53.4 Å². The van der Waals surface area contributed by atoms with Gasteiger partial charge < -0.3 is 10.1 Å². The molecule has 0 aliphatic heterocycles. The Bertz CT molecular complexity index is 857. The van der Waals surface area contributed by atoms with Crippen LogP contribution in [-0.4, -0.2) is 41.6 Å². The molecule has 0 aliphatic carbocycles. The molecule has 0 saturated carbocycles. The highest BCUT2D eigenvalue weighted by atomic mass is 35.5. The number of nitrogens with zero attached hydrogens (tertiary/aromatic N) is 1. The van der Waals surface area contributed by atoms with Crippen molar-refractivity contribution in [1.82, 2.24) is 5.32 Å². The van der Waals surface area contributed by atoms with Gasteiger partial charge in [-0.1, -0.05) is 29.8 Å². The van der Waals surface area contributed by atoms with Crippen molar-refractivity contribution >= 4 is 33.2 Å². The summed E-state index contributed by atoms with van der Waals surface area (Å²) >= 11 is 6.11. The van der Waals surface area contributed by atoms with Crippen LogP contribution in [-0.2, 0) is 14.8 Å². The summed E-state index contributed by atoms with van der Waals surface area (Å²) in [5.74, 6) is -0.363. The summed E-state index contributed by atoms with van der Waals surface area (Å²) in [6.07, 6.45) is 0.668. The van der Waals surface area contributed by atoms with Crippen molar-refractivity contribution in [3.8, 4) is 0 Å². The lowest BCUT2D eigenvalue weighted by atomic mass is 10.2. The molecule has 2 aromatic carbocycles. The molecule has 2 rings (SSSR count). The van der Waals surface area contributed by atoms with Crippen LogP contribution < -0.4 is 9.62 Å².